The highest BCUT2D eigenvalue weighted by Gasteiger charge is 2.25. The molecule has 1 amide bonds. The van der Waals surface area contributed by atoms with Crippen molar-refractivity contribution in [2.45, 2.75) is 25.0 Å². The minimum atomic E-state index is -0.930. The Morgan fingerprint density at radius 1 is 1.48 bits per heavy atom. The van der Waals surface area contributed by atoms with E-state index in [-0.39, 0.29) is 11.7 Å². The molecule has 2 aromatic heterocycles. The number of fused-ring (bicyclic) bond motifs is 1. The van der Waals surface area contributed by atoms with Crippen LogP contribution < -0.4 is 5.32 Å². The molecular formula is C12H17N5O3S. The Bertz CT molecular complexity index is 705. The number of carbonyl (C=O) groups is 2. The summed E-state index contributed by atoms with van der Waals surface area (Å²) in [4.78, 5) is 27.2. The van der Waals surface area contributed by atoms with Crippen LogP contribution in [0.2, 0.25) is 0 Å². The zero-order valence-corrected chi connectivity index (χ0v) is 13.1. The van der Waals surface area contributed by atoms with Gasteiger partial charge >= 0.3 is 5.97 Å². The Labute approximate surface area is 125 Å². The maximum Gasteiger partial charge on any atom is 0.313 e. The molecule has 8 nitrogen and oxygen atoms in total. The number of aliphatic carboxylic acids is 1. The van der Waals surface area contributed by atoms with Crippen molar-refractivity contribution in [3.8, 4) is 0 Å². The van der Waals surface area contributed by atoms with Crippen molar-refractivity contribution < 1.29 is 14.7 Å². The predicted molar refractivity (Wildman–Crippen MR) is 78.4 cm³/mol. The zero-order chi connectivity index (χ0) is 15.7. The monoisotopic (exact) mass is 311 g/mol. The number of amides is 1. The summed E-state index contributed by atoms with van der Waals surface area (Å²) >= 11 is 1.09. The van der Waals surface area contributed by atoms with Crippen LogP contribution in [0.4, 0.5) is 0 Å². The number of aryl methyl sites for hydroxylation is 2. The number of nitrogens with zero attached hydrogens (tertiary/aromatic N) is 4. The summed E-state index contributed by atoms with van der Waals surface area (Å²) < 4.78 is 3.38. The smallest absolute Gasteiger partial charge is 0.313 e. The van der Waals surface area contributed by atoms with E-state index < -0.39 is 12.0 Å². The molecular weight excluding hydrogens is 294 g/mol. The van der Waals surface area contributed by atoms with Crippen molar-refractivity contribution in [3.05, 3.63) is 5.69 Å². The normalized spacial score (nSPS) is 12.6. The molecule has 0 aromatic carbocycles. The van der Waals surface area contributed by atoms with E-state index in [9.17, 15) is 9.59 Å². The largest absolute Gasteiger partial charge is 0.481 e. The average Bonchev–Trinajstić information content (AvgIpc) is 2.93. The lowest BCUT2D eigenvalue weighted by molar-refractivity contribution is -0.133. The Morgan fingerprint density at radius 2 is 2.14 bits per heavy atom. The second-order valence-corrected chi connectivity index (χ2v) is 5.56. The fourth-order valence-electron chi connectivity index (χ4n) is 2.18. The fraction of sp³-hybridized carbons (Fsp3) is 0.500. The number of thioether (sulfide) groups is 1. The number of hydrogen-bond donors (Lipinski definition) is 2. The van der Waals surface area contributed by atoms with Gasteiger partial charge in [-0.25, -0.2) is 4.98 Å². The molecule has 1 unspecified atom stereocenters. The van der Waals surface area contributed by atoms with Crippen LogP contribution >= 0.6 is 11.8 Å². The molecule has 0 saturated heterocycles. The number of imidazole rings is 1. The molecule has 0 bridgehead atoms. The first-order chi connectivity index (χ1) is 9.86. The van der Waals surface area contributed by atoms with E-state index in [2.05, 4.69) is 15.4 Å². The third-order valence-corrected chi connectivity index (χ3v) is 4.08. The summed E-state index contributed by atoms with van der Waals surface area (Å²) in [5.74, 6) is -1.22. The minimum absolute atomic E-state index is 0.115. The van der Waals surface area contributed by atoms with E-state index in [4.69, 9.17) is 5.11 Å². The van der Waals surface area contributed by atoms with Gasteiger partial charge in [-0.3, -0.25) is 18.8 Å². The summed E-state index contributed by atoms with van der Waals surface area (Å²) in [6, 6.07) is -0.508. The fourth-order valence-corrected chi connectivity index (χ4v) is 2.97. The Balaban J connectivity index is 2.58. The van der Waals surface area contributed by atoms with Gasteiger partial charge in [0.15, 0.2) is 10.8 Å². The third kappa shape index (κ3) is 2.73. The van der Waals surface area contributed by atoms with Crippen LogP contribution in [0, 0.1) is 6.92 Å². The van der Waals surface area contributed by atoms with Gasteiger partial charge < -0.3 is 10.4 Å². The molecule has 2 rings (SSSR count). The number of rotatable bonds is 5. The minimum Gasteiger partial charge on any atom is -0.481 e. The SMILES string of the molecule is CNC(=O)C(C)n1c(SCC(=O)O)nc2c(C)nn(C)c21. The summed E-state index contributed by atoms with van der Waals surface area (Å²) in [6.07, 6.45) is 0. The van der Waals surface area contributed by atoms with Crippen molar-refractivity contribution in [3.63, 3.8) is 0 Å². The summed E-state index contributed by atoms with van der Waals surface area (Å²) in [5.41, 5.74) is 2.13. The number of carbonyl (C=O) groups excluding carboxylic acids is 1. The molecule has 9 heteroatoms. The number of likely N-dealkylation sites (N-methyl/N-ethyl adjacent to an activating group) is 1. The quantitative estimate of drug-likeness (QED) is 0.782. The molecule has 0 fully saturated rings. The molecule has 0 radical (unpaired) electrons. The van der Waals surface area contributed by atoms with Crippen molar-refractivity contribution in [1.82, 2.24) is 24.6 Å². The maximum absolute atomic E-state index is 11.9. The van der Waals surface area contributed by atoms with Gasteiger partial charge in [-0.15, -0.1) is 0 Å². The van der Waals surface area contributed by atoms with Crippen LogP contribution in [0.3, 0.4) is 0 Å². The molecule has 0 spiro atoms. The number of aromatic nitrogens is 4. The zero-order valence-electron chi connectivity index (χ0n) is 12.2. The van der Waals surface area contributed by atoms with E-state index >= 15 is 0 Å². The number of carboxylic acids is 1. The van der Waals surface area contributed by atoms with Crippen LogP contribution in [0.25, 0.3) is 11.2 Å². The van der Waals surface area contributed by atoms with Crippen LogP contribution in [0.15, 0.2) is 5.16 Å². The molecule has 2 aromatic rings. The van der Waals surface area contributed by atoms with Crippen LogP contribution in [-0.4, -0.2) is 49.1 Å². The average molecular weight is 311 g/mol. The number of carboxylic acid groups (broad SMARTS) is 1. The lowest BCUT2D eigenvalue weighted by atomic mass is 10.3. The maximum atomic E-state index is 11.9. The van der Waals surface area contributed by atoms with E-state index in [1.165, 1.54) is 0 Å². The highest BCUT2D eigenvalue weighted by molar-refractivity contribution is 7.99. The van der Waals surface area contributed by atoms with Gasteiger partial charge in [0.2, 0.25) is 5.91 Å². The van der Waals surface area contributed by atoms with Crippen LogP contribution in [-0.2, 0) is 16.6 Å². The van der Waals surface area contributed by atoms with Crippen LogP contribution in [0.5, 0.6) is 0 Å². The molecule has 1 atom stereocenters. The van der Waals surface area contributed by atoms with E-state index in [0.717, 1.165) is 17.5 Å². The molecule has 0 aliphatic rings. The first-order valence-corrected chi connectivity index (χ1v) is 7.33. The van der Waals surface area contributed by atoms with Gasteiger partial charge in [-0.1, -0.05) is 11.8 Å². The lowest BCUT2D eigenvalue weighted by Crippen LogP contribution is -2.28. The van der Waals surface area contributed by atoms with Gasteiger partial charge in [0.1, 0.15) is 11.6 Å². The third-order valence-electron chi connectivity index (χ3n) is 3.14. The van der Waals surface area contributed by atoms with E-state index in [1.54, 1.807) is 30.3 Å². The Hall–Kier alpha value is -2.03. The topological polar surface area (TPSA) is 102 Å². The van der Waals surface area contributed by atoms with Crippen molar-refractivity contribution >= 4 is 34.8 Å². The lowest BCUT2D eigenvalue weighted by Gasteiger charge is -2.15. The standard InChI is InChI=1S/C12H17N5O3S/c1-6-9-11(16(4)15-6)17(7(2)10(20)13-3)12(14-9)21-5-8(18)19/h7H,5H2,1-4H3,(H,13,20)(H,18,19). The molecule has 2 N–H and O–H groups in total. The molecule has 0 saturated carbocycles. The van der Waals surface area contributed by atoms with Gasteiger partial charge in [-0.05, 0) is 13.8 Å². The highest BCUT2D eigenvalue weighted by atomic mass is 32.2. The highest BCUT2D eigenvalue weighted by Crippen LogP contribution is 2.29. The van der Waals surface area contributed by atoms with E-state index in [0.29, 0.717) is 16.3 Å². The predicted octanol–water partition coefficient (Wildman–Crippen LogP) is 0.562. The summed E-state index contributed by atoms with van der Waals surface area (Å²) in [7, 11) is 3.33. The Kier molecular flexibility index (Phi) is 4.21. The van der Waals surface area contributed by atoms with Crippen molar-refractivity contribution in [1.29, 1.82) is 0 Å². The van der Waals surface area contributed by atoms with Gasteiger partial charge in [0.05, 0.1) is 11.4 Å². The number of hydrogen-bond acceptors (Lipinski definition) is 5. The molecule has 21 heavy (non-hydrogen) atoms. The first kappa shape index (κ1) is 15.4. The van der Waals surface area contributed by atoms with Gasteiger partial charge in [0.25, 0.3) is 0 Å². The van der Waals surface area contributed by atoms with Gasteiger partial charge in [-0.2, -0.15) is 5.10 Å². The molecule has 0 aliphatic heterocycles. The summed E-state index contributed by atoms with van der Waals surface area (Å²) in [5, 5.41) is 16.2. The van der Waals surface area contributed by atoms with Crippen LogP contribution in [0.1, 0.15) is 18.7 Å². The Morgan fingerprint density at radius 3 is 2.71 bits per heavy atom. The number of nitrogens with one attached hydrogen (secondary N) is 1. The molecule has 0 aliphatic carbocycles. The first-order valence-electron chi connectivity index (χ1n) is 6.34. The second-order valence-electron chi connectivity index (χ2n) is 4.62. The van der Waals surface area contributed by atoms with Gasteiger partial charge in [0, 0.05) is 14.1 Å². The van der Waals surface area contributed by atoms with Crippen molar-refractivity contribution in [2.75, 3.05) is 12.8 Å². The second kappa shape index (κ2) is 5.76. The van der Waals surface area contributed by atoms with E-state index in [1.807, 2.05) is 6.92 Å². The molecule has 114 valence electrons. The molecule has 2 heterocycles. The van der Waals surface area contributed by atoms with Crippen molar-refractivity contribution in [2.24, 2.45) is 7.05 Å². The summed E-state index contributed by atoms with van der Waals surface area (Å²) in [6.45, 7) is 3.57.